The predicted octanol–water partition coefficient (Wildman–Crippen LogP) is 0.533. The van der Waals surface area contributed by atoms with Crippen LogP contribution in [0, 0.1) is 0 Å². The van der Waals surface area contributed by atoms with E-state index in [-0.39, 0.29) is 0 Å². The Bertz CT molecular complexity index is 203. The summed E-state index contributed by atoms with van der Waals surface area (Å²) in [4.78, 5) is 21.6. The van der Waals surface area contributed by atoms with E-state index >= 15 is 0 Å². The van der Waals surface area contributed by atoms with Crippen molar-refractivity contribution in [1.82, 2.24) is 0 Å². The van der Waals surface area contributed by atoms with E-state index in [2.05, 4.69) is 0 Å². The highest BCUT2D eigenvalue weighted by molar-refractivity contribution is 6.69. The molecule has 5 nitrogen and oxygen atoms in total. The quantitative estimate of drug-likeness (QED) is 0.682. The summed E-state index contributed by atoms with van der Waals surface area (Å²) in [6, 6.07) is 0.544. The fourth-order valence-electron chi connectivity index (χ4n) is 1.15. The third-order valence-electron chi connectivity index (χ3n) is 1.55. The Hall–Kier alpha value is -0.883. The third kappa shape index (κ3) is 5.71. The van der Waals surface area contributed by atoms with Gasteiger partial charge in [0.25, 0.3) is 11.9 Å². The molecule has 6 heteroatoms. The molecule has 0 aromatic carbocycles. The van der Waals surface area contributed by atoms with Crippen LogP contribution in [0.4, 0.5) is 0 Å². The lowest BCUT2D eigenvalue weighted by atomic mass is 10.5. The fourth-order valence-corrected chi connectivity index (χ4v) is 3.46. The second-order valence-electron chi connectivity index (χ2n) is 3.21. The van der Waals surface area contributed by atoms with Crippen molar-refractivity contribution in [3.63, 3.8) is 0 Å². The van der Waals surface area contributed by atoms with Gasteiger partial charge >= 0.3 is 8.56 Å². The zero-order chi connectivity index (χ0) is 11.2. The summed E-state index contributed by atoms with van der Waals surface area (Å²) < 4.78 is 10.1. The lowest BCUT2D eigenvalue weighted by Gasteiger charge is -2.24. The molecule has 0 fully saturated rings. The summed E-state index contributed by atoms with van der Waals surface area (Å²) in [6.45, 7) is 4.78. The highest BCUT2D eigenvalue weighted by Crippen LogP contribution is 2.15. The van der Waals surface area contributed by atoms with Gasteiger partial charge in [0, 0.05) is 26.4 Å². The zero-order valence-corrected chi connectivity index (χ0v) is 9.83. The number of nitrogens with two attached hydrogens (primary N) is 1. The van der Waals surface area contributed by atoms with Crippen LogP contribution in [-0.4, -0.2) is 27.0 Å². The first-order valence-corrected chi connectivity index (χ1v) is 7.01. The van der Waals surface area contributed by atoms with E-state index in [1.54, 1.807) is 6.55 Å². The number of hydrogen-bond acceptors (Lipinski definition) is 5. The first-order valence-electron chi connectivity index (χ1n) is 4.49. The van der Waals surface area contributed by atoms with Crippen molar-refractivity contribution < 1.29 is 18.4 Å². The monoisotopic (exact) mass is 219 g/mol. The largest absolute Gasteiger partial charge is 0.485 e. The molecule has 0 heterocycles. The van der Waals surface area contributed by atoms with Gasteiger partial charge < -0.3 is 14.6 Å². The van der Waals surface area contributed by atoms with E-state index in [1.165, 1.54) is 13.8 Å². The lowest BCUT2D eigenvalue weighted by Crippen LogP contribution is -2.42. The minimum absolute atomic E-state index is 0.419. The molecule has 14 heavy (non-hydrogen) atoms. The van der Waals surface area contributed by atoms with Gasteiger partial charge in [-0.25, -0.2) is 0 Å². The summed E-state index contributed by atoms with van der Waals surface area (Å²) in [6.07, 6.45) is 0.684. The Balaban J connectivity index is 4.31. The minimum Gasteiger partial charge on any atom is -0.485 e. The molecule has 0 bridgehead atoms. The molecule has 0 saturated carbocycles. The summed E-state index contributed by atoms with van der Waals surface area (Å²) >= 11 is 0. The molecule has 82 valence electrons. The van der Waals surface area contributed by atoms with Gasteiger partial charge in [-0.1, -0.05) is 0 Å². The van der Waals surface area contributed by atoms with Crippen LogP contribution in [0.5, 0.6) is 0 Å². The Morgan fingerprint density at radius 3 is 1.93 bits per heavy atom. The van der Waals surface area contributed by atoms with Gasteiger partial charge in [-0.2, -0.15) is 0 Å². The lowest BCUT2D eigenvalue weighted by molar-refractivity contribution is -0.138. The topological polar surface area (TPSA) is 78.6 Å². The van der Waals surface area contributed by atoms with E-state index in [0.717, 1.165) is 0 Å². The van der Waals surface area contributed by atoms with Crippen molar-refractivity contribution in [2.24, 2.45) is 5.73 Å². The first kappa shape index (κ1) is 13.1. The highest BCUT2D eigenvalue weighted by Gasteiger charge is 2.37. The molecule has 0 amide bonds. The second kappa shape index (κ2) is 5.76. The molecule has 0 unspecified atom stereocenters. The van der Waals surface area contributed by atoms with Gasteiger partial charge in [0.1, 0.15) is 0 Å². The van der Waals surface area contributed by atoms with E-state index in [9.17, 15) is 9.59 Å². The van der Waals surface area contributed by atoms with Crippen molar-refractivity contribution >= 4 is 20.5 Å². The predicted molar refractivity (Wildman–Crippen MR) is 53.6 cm³/mol. The Labute approximate surface area is 84.8 Å². The fraction of sp³-hybridized carbons (Fsp3) is 0.750. The molecule has 0 aromatic rings. The van der Waals surface area contributed by atoms with Crippen LogP contribution in [-0.2, 0) is 18.4 Å². The minimum atomic E-state index is -2.68. The van der Waals surface area contributed by atoms with Gasteiger partial charge in [0.15, 0.2) is 0 Å². The van der Waals surface area contributed by atoms with Crippen LogP contribution in [0.3, 0.4) is 0 Å². The SMILES string of the molecule is CC(=O)O[Si](C)(CCCN)OC(C)=O. The molecule has 0 aliphatic carbocycles. The van der Waals surface area contributed by atoms with E-state index < -0.39 is 20.5 Å². The number of carbonyl (C=O) groups excluding carboxylic acids is 2. The van der Waals surface area contributed by atoms with Crippen LogP contribution in [0.15, 0.2) is 0 Å². The molecule has 2 N–H and O–H groups in total. The maximum atomic E-state index is 10.8. The molecule has 0 spiro atoms. The average molecular weight is 219 g/mol. The molecule has 0 radical (unpaired) electrons. The highest BCUT2D eigenvalue weighted by atomic mass is 28.4. The van der Waals surface area contributed by atoms with Gasteiger partial charge in [0.2, 0.25) is 0 Å². The summed E-state index contributed by atoms with van der Waals surface area (Å²) in [7, 11) is -2.68. The van der Waals surface area contributed by atoms with Gasteiger partial charge in [-0.05, 0) is 13.0 Å². The standard InChI is InChI=1S/C8H17NO4Si/c1-7(10)12-14(3,6-4-5-9)13-8(2)11/h4-6,9H2,1-3H3. The number of carbonyl (C=O) groups is 2. The summed E-state index contributed by atoms with van der Waals surface area (Å²) in [5, 5.41) is 0. The molecular formula is C8H17NO4Si. The molecule has 0 rings (SSSR count). The van der Waals surface area contributed by atoms with Crippen LogP contribution < -0.4 is 5.73 Å². The summed E-state index contributed by atoms with van der Waals surface area (Å²) in [5.41, 5.74) is 5.34. The van der Waals surface area contributed by atoms with Crippen molar-refractivity contribution in [2.75, 3.05) is 6.54 Å². The maximum absolute atomic E-state index is 10.8. The Morgan fingerprint density at radius 2 is 1.64 bits per heavy atom. The Morgan fingerprint density at radius 1 is 1.21 bits per heavy atom. The molecule has 0 saturated heterocycles. The van der Waals surface area contributed by atoms with Crippen LogP contribution in [0.25, 0.3) is 0 Å². The van der Waals surface area contributed by atoms with E-state index in [4.69, 9.17) is 14.6 Å². The molecule has 0 aliphatic heterocycles. The van der Waals surface area contributed by atoms with Gasteiger partial charge in [-0.3, -0.25) is 9.59 Å². The molecule has 0 atom stereocenters. The van der Waals surface area contributed by atoms with Crippen molar-refractivity contribution in [2.45, 2.75) is 32.9 Å². The van der Waals surface area contributed by atoms with Gasteiger partial charge in [-0.15, -0.1) is 0 Å². The molecular weight excluding hydrogens is 202 g/mol. The normalized spacial score (nSPS) is 10.9. The Kier molecular flexibility index (Phi) is 5.40. The number of hydrogen-bond donors (Lipinski definition) is 1. The average Bonchev–Trinajstić information content (AvgIpc) is 1.97. The van der Waals surface area contributed by atoms with Crippen molar-refractivity contribution in [1.29, 1.82) is 0 Å². The molecule has 0 aliphatic rings. The smallest absolute Gasteiger partial charge is 0.461 e. The maximum Gasteiger partial charge on any atom is 0.461 e. The van der Waals surface area contributed by atoms with E-state index in [0.29, 0.717) is 19.0 Å². The van der Waals surface area contributed by atoms with Crippen LogP contribution in [0.1, 0.15) is 20.3 Å². The van der Waals surface area contributed by atoms with Crippen LogP contribution in [0.2, 0.25) is 12.6 Å². The van der Waals surface area contributed by atoms with Gasteiger partial charge in [0.05, 0.1) is 0 Å². The third-order valence-corrected chi connectivity index (χ3v) is 4.25. The molecule has 0 aromatic heterocycles. The zero-order valence-electron chi connectivity index (χ0n) is 8.83. The van der Waals surface area contributed by atoms with Crippen LogP contribution >= 0.6 is 0 Å². The number of rotatable bonds is 5. The van der Waals surface area contributed by atoms with Crippen molar-refractivity contribution in [3.05, 3.63) is 0 Å². The first-order chi connectivity index (χ1) is 6.39. The summed E-state index contributed by atoms with van der Waals surface area (Å²) in [5.74, 6) is -0.838. The van der Waals surface area contributed by atoms with Crippen molar-refractivity contribution in [3.8, 4) is 0 Å². The second-order valence-corrected chi connectivity index (χ2v) is 6.39. The van der Waals surface area contributed by atoms with E-state index in [1.807, 2.05) is 0 Å².